The van der Waals surface area contributed by atoms with Crippen molar-refractivity contribution in [2.24, 2.45) is 77.3 Å². The maximum absolute atomic E-state index is 14.2. The number of aliphatic imine (C=N–C) groups is 4. The van der Waals surface area contributed by atoms with E-state index >= 15 is 0 Å². The Morgan fingerprint density at radius 2 is 0.908 bits per heavy atom. The average Bonchev–Trinajstić information content (AvgIpc) is 3.23. The summed E-state index contributed by atoms with van der Waals surface area (Å²) in [4.78, 5) is 102. The van der Waals surface area contributed by atoms with Crippen LogP contribution in [0.2, 0.25) is 0 Å². The number of carbonyl (C=O) groups is 6. The summed E-state index contributed by atoms with van der Waals surface area (Å²) in [6.07, 6.45) is 5.27. The second kappa shape index (κ2) is 36.2. The first-order chi connectivity index (χ1) is 30.9. The van der Waals surface area contributed by atoms with Crippen molar-refractivity contribution in [2.75, 3.05) is 112 Å². The van der Waals surface area contributed by atoms with Gasteiger partial charge in [-0.05, 0) is 64.5 Å². The minimum atomic E-state index is -1.09. The van der Waals surface area contributed by atoms with E-state index in [2.05, 4.69) is 30.6 Å². The molecule has 0 aromatic rings. The number of rotatable bonds is 38. The molecule has 27 nitrogen and oxygen atoms in total. The van der Waals surface area contributed by atoms with Crippen LogP contribution in [-0.4, -0.2) is 197 Å². The number of hydrogen-bond acceptors (Lipinski definition) is 13. The number of unbranched alkanes of at least 4 members (excludes halogenated alkanes) is 3. The highest BCUT2D eigenvalue weighted by atomic mass is 16.5. The third-order valence-corrected chi connectivity index (χ3v) is 9.35. The van der Waals surface area contributed by atoms with Crippen LogP contribution in [-0.2, 0) is 33.5 Å². The summed E-state index contributed by atoms with van der Waals surface area (Å²) in [7, 11) is 1.48. The number of nitrogens with zero attached hydrogens (tertiary/aromatic N) is 8. The van der Waals surface area contributed by atoms with Crippen molar-refractivity contribution >= 4 is 59.3 Å². The normalized spacial score (nSPS) is 11.0. The zero-order valence-electron chi connectivity index (χ0n) is 38.2. The van der Waals surface area contributed by atoms with E-state index in [0.29, 0.717) is 32.4 Å². The molecule has 0 radical (unpaired) electrons. The molecule has 0 fully saturated rings. The number of guanidine groups is 4. The summed E-state index contributed by atoms with van der Waals surface area (Å²) in [5, 5.41) is 5.68. The van der Waals surface area contributed by atoms with Crippen LogP contribution in [0.15, 0.2) is 20.0 Å². The summed E-state index contributed by atoms with van der Waals surface area (Å²) in [5.74, 6) is -4.21. The van der Waals surface area contributed by atoms with Gasteiger partial charge in [0.15, 0.2) is 23.8 Å². The van der Waals surface area contributed by atoms with Crippen molar-refractivity contribution in [3.8, 4) is 0 Å². The van der Waals surface area contributed by atoms with Crippen LogP contribution >= 0.6 is 0 Å². The smallest absolute Gasteiger partial charge is 0.242 e. The molecule has 22 N–H and O–H groups in total. The van der Waals surface area contributed by atoms with Gasteiger partial charge in [-0.2, -0.15) is 0 Å². The van der Waals surface area contributed by atoms with Crippen molar-refractivity contribution in [1.29, 1.82) is 0 Å². The summed E-state index contributed by atoms with van der Waals surface area (Å²) in [6, 6.07) is -1.09. The van der Waals surface area contributed by atoms with Gasteiger partial charge in [-0.3, -0.25) is 48.7 Å². The first-order valence-corrected chi connectivity index (χ1v) is 21.7. The van der Waals surface area contributed by atoms with Crippen LogP contribution < -0.4 is 68.0 Å². The van der Waals surface area contributed by atoms with Crippen molar-refractivity contribution in [3.63, 3.8) is 0 Å². The number of ether oxygens (including phenoxy) is 1. The van der Waals surface area contributed by atoms with Crippen LogP contribution in [0.25, 0.3) is 0 Å². The van der Waals surface area contributed by atoms with Gasteiger partial charge >= 0.3 is 0 Å². The highest BCUT2D eigenvalue weighted by Crippen LogP contribution is 2.07. The van der Waals surface area contributed by atoms with Crippen molar-refractivity contribution in [3.05, 3.63) is 0 Å². The zero-order chi connectivity index (χ0) is 49.0. The fourth-order valence-corrected chi connectivity index (χ4v) is 6.02. The number of hydrogen-bond donors (Lipinski definition) is 12. The van der Waals surface area contributed by atoms with Gasteiger partial charge in [0.25, 0.3) is 0 Å². The maximum atomic E-state index is 14.2. The Morgan fingerprint density at radius 1 is 0.508 bits per heavy atom. The van der Waals surface area contributed by atoms with Crippen molar-refractivity contribution in [2.45, 2.75) is 70.3 Å². The second-order valence-electron chi connectivity index (χ2n) is 14.9. The molecule has 0 spiro atoms. The van der Waals surface area contributed by atoms with Crippen molar-refractivity contribution < 1.29 is 33.5 Å². The van der Waals surface area contributed by atoms with E-state index < -0.39 is 55.2 Å². The number of primary amides is 1. The largest absolute Gasteiger partial charge is 0.385 e. The SMILES string of the molecule is COCCCN(CC(=O)N(CCCN=C(N)N)CC(=O)N[C@H](CCCN=C(N)N)C(N)=O)C(=O)CN(CCCN=C(N)N)C(=O)CN(CCCN=C(N)N)C(=O)CNCCCCCCN. The van der Waals surface area contributed by atoms with E-state index in [1.807, 2.05) is 0 Å². The molecule has 65 heavy (non-hydrogen) atoms. The summed E-state index contributed by atoms with van der Waals surface area (Å²) < 4.78 is 5.20. The molecule has 0 saturated carbocycles. The standard InChI is InChI=1S/C38H78N20O7/c1-65-22-10-21-58(26-31(61)55(18-7-15-51-36(43)44)24-29(59)54-28(34(40)64)11-6-14-50-35(41)42)33(63)27-57(20-9-17-53-38(47)48)32(62)25-56(19-8-16-52-37(45)46)30(60)23-49-13-5-3-2-4-12-39/h28,49H,2-27,39H2,1H3,(H2,40,64)(H,54,59)(H4,41,42,50)(H4,43,44,51)(H4,45,46,52)(H4,47,48,53)/t28-/m1/s1. The number of nitrogens with one attached hydrogen (secondary N) is 2. The van der Waals surface area contributed by atoms with Gasteiger partial charge in [0, 0.05) is 66.1 Å². The highest BCUT2D eigenvalue weighted by Gasteiger charge is 2.28. The van der Waals surface area contributed by atoms with E-state index in [0.717, 1.165) is 25.7 Å². The molecule has 0 heterocycles. The fourth-order valence-electron chi connectivity index (χ4n) is 6.02. The van der Waals surface area contributed by atoms with Crippen LogP contribution in [0.1, 0.15) is 64.2 Å². The Kier molecular flexibility index (Phi) is 32.7. The molecule has 0 rings (SSSR count). The Morgan fingerprint density at radius 3 is 1.32 bits per heavy atom. The van der Waals surface area contributed by atoms with E-state index in [4.69, 9.17) is 62.1 Å². The van der Waals surface area contributed by atoms with Crippen LogP contribution in [0.5, 0.6) is 0 Å². The average molecular weight is 927 g/mol. The molecular weight excluding hydrogens is 849 g/mol. The third kappa shape index (κ3) is 31.3. The molecule has 0 aromatic carbocycles. The molecule has 1 atom stereocenters. The first kappa shape index (κ1) is 58.8. The first-order valence-electron chi connectivity index (χ1n) is 21.7. The quantitative estimate of drug-likeness (QED) is 0.0156. The molecule has 0 aromatic heterocycles. The minimum Gasteiger partial charge on any atom is -0.385 e. The lowest BCUT2D eigenvalue weighted by atomic mass is 10.1. The van der Waals surface area contributed by atoms with E-state index in [-0.39, 0.29) is 121 Å². The Labute approximate surface area is 381 Å². The lowest BCUT2D eigenvalue weighted by molar-refractivity contribution is -0.146. The van der Waals surface area contributed by atoms with Crippen LogP contribution in [0.4, 0.5) is 0 Å². The Balaban J connectivity index is 6.45. The van der Waals surface area contributed by atoms with E-state index in [9.17, 15) is 28.8 Å². The molecule has 6 amide bonds. The number of methoxy groups -OCH3 is 1. The monoisotopic (exact) mass is 927 g/mol. The molecule has 27 heteroatoms. The van der Waals surface area contributed by atoms with Crippen LogP contribution in [0, 0.1) is 0 Å². The van der Waals surface area contributed by atoms with Crippen molar-refractivity contribution in [1.82, 2.24) is 30.2 Å². The molecule has 0 aliphatic heterocycles. The highest BCUT2D eigenvalue weighted by molar-refractivity contribution is 5.92. The van der Waals surface area contributed by atoms with Gasteiger partial charge in [-0.15, -0.1) is 0 Å². The molecule has 0 unspecified atom stereocenters. The second-order valence-corrected chi connectivity index (χ2v) is 14.9. The minimum absolute atomic E-state index is 0.0134. The zero-order valence-corrected chi connectivity index (χ0v) is 38.2. The van der Waals surface area contributed by atoms with Crippen LogP contribution in [0.3, 0.4) is 0 Å². The lowest BCUT2D eigenvalue weighted by Crippen LogP contribution is -2.52. The number of nitrogens with two attached hydrogens (primary N) is 10. The molecular formula is C38H78N20O7. The summed E-state index contributed by atoms with van der Waals surface area (Å²) in [5.41, 5.74) is 54.8. The van der Waals surface area contributed by atoms with Gasteiger partial charge in [-0.1, -0.05) is 12.8 Å². The van der Waals surface area contributed by atoms with E-state index in [1.165, 1.54) is 26.7 Å². The Hall–Kier alpha value is -6.22. The van der Waals surface area contributed by atoms with Gasteiger partial charge < -0.3 is 92.3 Å². The summed E-state index contributed by atoms with van der Waals surface area (Å²) >= 11 is 0. The molecule has 372 valence electrons. The van der Waals surface area contributed by atoms with Gasteiger partial charge in [0.2, 0.25) is 35.4 Å². The Bertz CT molecular complexity index is 1550. The van der Waals surface area contributed by atoms with Gasteiger partial charge in [-0.25, -0.2) is 0 Å². The predicted octanol–water partition coefficient (Wildman–Crippen LogP) is -6.54. The third-order valence-electron chi connectivity index (χ3n) is 9.35. The predicted molar refractivity (Wildman–Crippen MR) is 250 cm³/mol. The lowest BCUT2D eigenvalue weighted by Gasteiger charge is -2.31. The molecule has 0 saturated heterocycles. The van der Waals surface area contributed by atoms with Gasteiger partial charge in [0.05, 0.1) is 32.7 Å². The number of carbonyl (C=O) groups excluding carboxylic acids is 6. The molecule has 0 bridgehead atoms. The molecule has 0 aliphatic carbocycles. The molecule has 0 aliphatic rings. The maximum Gasteiger partial charge on any atom is 0.242 e. The van der Waals surface area contributed by atoms with Gasteiger partial charge in [0.1, 0.15) is 6.04 Å². The van der Waals surface area contributed by atoms with E-state index in [1.54, 1.807) is 0 Å². The topological polar surface area (TPSA) is 458 Å². The fraction of sp³-hybridized carbons (Fsp3) is 0.737. The number of amides is 6. The summed E-state index contributed by atoms with van der Waals surface area (Å²) in [6.45, 7) is 0.361.